The van der Waals surface area contributed by atoms with Gasteiger partial charge in [-0.15, -0.1) is 22.7 Å². The highest BCUT2D eigenvalue weighted by molar-refractivity contribution is 7.14. The zero-order valence-electron chi connectivity index (χ0n) is 13.0. The van der Waals surface area contributed by atoms with Crippen LogP contribution in [0, 0.1) is 13.8 Å². The van der Waals surface area contributed by atoms with Crippen LogP contribution in [-0.2, 0) is 4.74 Å². The first-order valence-electron chi connectivity index (χ1n) is 6.51. The zero-order valence-corrected chi connectivity index (χ0v) is 14.7. The van der Waals surface area contributed by atoms with Crippen LogP contribution in [0.5, 0.6) is 0 Å². The van der Waals surface area contributed by atoms with Crippen LogP contribution in [0.2, 0.25) is 0 Å². The van der Waals surface area contributed by atoms with E-state index in [2.05, 4.69) is 5.32 Å². The number of hydrogen-bond acceptors (Lipinski definition) is 5. The van der Waals surface area contributed by atoms with E-state index in [0.717, 1.165) is 15.6 Å². The lowest BCUT2D eigenvalue weighted by atomic mass is 10.2. The maximum Gasteiger partial charge on any atom is 0.412 e. The van der Waals surface area contributed by atoms with Crippen LogP contribution in [0.15, 0.2) is 22.9 Å². The Kier molecular flexibility index (Phi) is 6.23. The molecule has 0 fully saturated rings. The van der Waals surface area contributed by atoms with Crippen LogP contribution in [0.3, 0.4) is 0 Å². The average molecular weight is 326 g/mol. The lowest BCUT2D eigenvalue weighted by Crippen LogP contribution is -2.26. The summed E-state index contributed by atoms with van der Waals surface area (Å²) in [5.41, 5.74) is 7.34. The normalized spacial score (nSPS) is 10.5. The molecule has 2 aromatic heterocycles. The van der Waals surface area contributed by atoms with Crippen molar-refractivity contribution in [3.8, 4) is 0 Å². The molecular formula is C15H22N2O2S2. The number of carbonyl (C=O) groups is 1. The number of nitrogens with one attached hydrogen (secondary N) is 1. The second-order valence-electron chi connectivity index (χ2n) is 5.64. The van der Waals surface area contributed by atoms with Gasteiger partial charge < -0.3 is 10.5 Å². The standard InChI is InChI=1S/C10H15NO2S.C5H7NS/c1-7-5-8(14-6-7)11-9(12)13-10(2,3)4;1-4-2-5(6)7-3-4/h5-6H,1-4H3,(H,11,12);2-3H,6H2,1H3. The first kappa shape index (κ1) is 17.5. The first-order valence-corrected chi connectivity index (χ1v) is 8.27. The van der Waals surface area contributed by atoms with Crippen LogP contribution in [0.1, 0.15) is 31.9 Å². The van der Waals surface area contributed by atoms with Crippen LogP contribution in [-0.4, -0.2) is 11.7 Å². The summed E-state index contributed by atoms with van der Waals surface area (Å²) in [5, 5.41) is 8.41. The van der Waals surface area contributed by atoms with Gasteiger partial charge in [0.25, 0.3) is 0 Å². The van der Waals surface area contributed by atoms with E-state index in [1.807, 2.05) is 57.5 Å². The lowest BCUT2D eigenvalue weighted by molar-refractivity contribution is 0.0636. The number of ether oxygens (including phenoxy) is 1. The molecule has 3 N–H and O–H groups in total. The second kappa shape index (κ2) is 7.47. The Bertz CT molecular complexity index is 566. The molecular weight excluding hydrogens is 304 g/mol. The second-order valence-corrected chi connectivity index (χ2v) is 7.50. The van der Waals surface area contributed by atoms with Gasteiger partial charge in [0.15, 0.2) is 0 Å². The molecule has 2 aromatic rings. The molecule has 2 heterocycles. The van der Waals surface area contributed by atoms with Crippen molar-refractivity contribution in [2.75, 3.05) is 11.1 Å². The summed E-state index contributed by atoms with van der Waals surface area (Å²) in [7, 11) is 0. The van der Waals surface area contributed by atoms with E-state index in [-0.39, 0.29) is 0 Å². The largest absolute Gasteiger partial charge is 0.444 e. The Morgan fingerprint density at radius 3 is 2.05 bits per heavy atom. The van der Waals surface area contributed by atoms with Gasteiger partial charge >= 0.3 is 6.09 Å². The van der Waals surface area contributed by atoms with Crippen molar-refractivity contribution >= 4 is 38.8 Å². The minimum absolute atomic E-state index is 0.403. The summed E-state index contributed by atoms with van der Waals surface area (Å²) in [6.45, 7) is 9.54. The molecule has 0 aliphatic carbocycles. The highest BCUT2D eigenvalue weighted by atomic mass is 32.1. The van der Waals surface area contributed by atoms with Gasteiger partial charge in [-0.05, 0) is 68.6 Å². The smallest absolute Gasteiger partial charge is 0.412 e. The maximum absolute atomic E-state index is 11.3. The lowest BCUT2D eigenvalue weighted by Gasteiger charge is -2.19. The molecule has 2 rings (SSSR count). The fourth-order valence-corrected chi connectivity index (χ4v) is 2.78. The van der Waals surface area contributed by atoms with Gasteiger partial charge in [-0.25, -0.2) is 4.79 Å². The van der Waals surface area contributed by atoms with Crippen LogP contribution < -0.4 is 11.1 Å². The van der Waals surface area contributed by atoms with E-state index in [0.29, 0.717) is 0 Å². The minimum atomic E-state index is -0.448. The van der Waals surface area contributed by atoms with Crippen molar-refractivity contribution < 1.29 is 9.53 Å². The number of rotatable bonds is 1. The highest BCUT2D eigenvalue weighted by Crippen LogP contribution is 2.20. The van der Waals surface area contributed by atoms with Crippen molar-refractivity contribution in [2.45, 2.75) is 40.2 Å². The number of nitrogen functional groups attached to an aromatic ring is 1. The molecule has 0 spiro atoms. The SMILES string of the molecule is Cc1csc(N)c1.Cc1csc(NC(=O)OC(C)(C)C)c1. The Labute approximate surface area is 133 Å². The van der Waals surface area contributed by atoms with Gasteiger partial charge in [0.05, 0.1) is 10.0 Å². The topological polar surface area (TPSA) is 64.3 Å². The van der Waals surface area contributed by atoms with Crippen molar-refractivity contribution in [3.63, 3.8) is 0 Å². The predicted octanol–water partition coefficient (Wildman–Crippen LogP) is 5.04. The maximum atomic E-state index is 11.3. The van der Waals surface area contributed by atoms with E-state index < -0.39 is 11.7 Å². The van der Waals surface area contributed by atoms with Crippen molar-refractivity contribution in [1.29, 1.82) is 0 Å². The third-order valence-corrected chi connectivity index (χ3v) is 3.95. The Balaban J connectivity index is 0.000000262. The average Bonchev–Trinajstić information content (AvgIpc) is 2.86. The molecule has 0 aromatic carbocycles. The Morgan fingerprint density at radius 2 is 1.71 bits per heavy atom. The molecule has 21 heavy (non-hydrogen) atoms. The summed E-state index contributed by atoms with van der Waals surface area (Å²) in [4.78, 5) is 11.3. The molecule has 4 nitrogen and oxygen atoms in total. The van der Waals surface area contributed by atoms with Gasteiger partial charge in [-0.1, -0.05) is 0 Å². The summed E-state index contributed by atoms with van der Waals surface area (Å²) in [6, 6.07) is 3.87. The summed E-state index contributed by atoms with van der Waals surface area (Å²) < 4.78 is 5.11. The summed E-state index contributed by atoms with van der Waals surface area (Å²) >= 11 is 3.07. The van der Waals surface area contributed by atoms with Crippen LogP contribution >= 0.6 is 22.7 Å². The minimum Gasteiger partial charge on any atom is -0.444 e. The number of aryl methyl sites for hydroxylation is 2. The van der Waals surface area contributed by atoms with Gasteiger partial charge in [-0.2, -0.15) is 0 Å². The third kappa shape index (κ3) is 7.72. The molecule has 0 unspecified atom stereocenters. The molecule has 0 saturated carbocycles. The summed E-state index contributed by atoms with van der Waals surface area (Å²) in [5.74, 6) is 0. The summed E-state index contributed by atoms with van der Waals surface area (Å²) in [6.07, 6.45) is -0.403. The van der Waals surface area contributed by atoms with E-state index in [9.17, 15) is 4.79 Å². The number of carbonyl (C=O) groups excluding carboxylic acids is 1. The molecule has 0 aliphatic heterocycles. The third-order valence-electron chi connectivity index (χ3n) is 2.11. The van der Waals surface area contributed by atoms with Crippen LogP contribution in [0.4, 0.5) is 14.8 Å². The molecule has 0 aliphatic rings. The number of thiophene rings is 2. The van der Waals surface area contributed by atoms with Gasteiger partial charge in [-0.3, -0.25) is 5.32 Å². The van der Waals surface area contributed by atoms with Gasteiger partial charge in [0.1, 0.15) is 5.60 Å². The quantitative estimate of drug-likeness (QED) is 0.771. The zero-order chi connectivity index (χ0) is 16.0. The molecule has 0 atom stereocenters. The Hall–Kier alpha value is -1.53. The fourth-order valence-electron chi connectivity index (χ4n) is 1.35. The van der Waals surface area contributed by atoms with E-state index in [1.54, 1.807) is 11.3 Å². The van der Waals surface area contributed by atoms with Crippen molar-refractivity contribution in [2.24, 2.45) is 0 Å². The molecule has 0 bridgehead atoms. The molecule has 0 radical (unpaired) electrons. The highest BCUT2D eigenvalue weighted by Gasteiger charge is 2.16. The van der Waals surface area contributed by atoms with Gasteiger partial charge in [0, 0.05) is 0 Å². The number of nitrogens with two attached hydrogens (primary N) is 1. The number of anilines is 2. The fraction of sp³-hybridized carbons (Fsp3) is 0.400. The Morgan fingerprint density at radius 1 is 1.14 bits per heavy atom. The predicted molar refractivity (Wildman–Crippen MR) is 92.4 cm³/mol. The van der Waals surface area contributed by atoms with E-state index in [4.69, 9.17) is 10.5 Å². The number of hydrogen-bond donors (Lipinski definition) is 2. The van der Waals surface area contributed by atoms with E-state index >= 15 is 0 Å². The monoisotopic (exact) mass is 326 g/mol. The molecule has 6 heteroatoms. The van der Waals surface area contributed by atoms with Crippen molar-refractivity contribution in [3.05, 3.63) is 34.0 Å². The van der Waals surface area contributed by atoms with Gasteiger partial charge in [0.2, 0.25) is 0 Å². The molecule has 1 amide bonds. The van der Waals surface area contributed by atoms with E-state index in [1.165, 1.54) is 16.9 Å². The molecule has 116 valence electrons. The van der Waals surface area contributed by atoms with Crippen LogP contribution in [0.25, 0.3) is 0 Å². The first-order chi connectivity index (χ1) is 9.65. The molecule has 0 saturated heterocycles. The van der Waals surface area contributed by atoms with Crippen molar-refractivity contribution in [1.82, 2.24) is 0 Å². The number of amides is 1.